The van der Waals surface area contributed by atoms with E-state index in [-0.39, 0.29) is 4.90 Å². The van der Waals surface area contributed by atoms with Crippen molar-refractivity contribution in [3.63, 3.8) is 0 Å². The highest BCUT2D eigenvalue weighted by Crippen LogP contribution is 2.17. The fraction of sp³-hybridized carbons (Fsp3) is 0.308. The molecule has 0 aliphatic heterocycles. The van der Waals surface area contributed by atoms with Crippen molar-refractivity contribution < 1.29 is 8.42 Å². The molecule has 0 bridgehead atoms. The van der Waals surface area contributed by atoms with Gasteiger partial charge in [0.2, 0.25) is 0 Å². The second kappa shape index (κ2) is 6.06. The summed E-state index contributed by atoms with van der Waals surface area (Å²) < 4.78 is 28.3. The van der Waals surface area contributed by atoms with Crippen molar-refractivity contribution in [1.82, 2.24) is 9.78 Å². The zero-order valence-corrected chi connectivity index (χ0v) is 12.1. The molecule has 1 aromatic heterocycles. The molecule has 20 heavy (non-hydrogen) atoms. The van der Waals surface area contributed by atoms with Crippen molar-refractivity contribution >= 4 is 15.7 Å². The van der Waals surface area contributed by atoms with Gasteiger partial charge in [-0.1, -0.05) is 12.1 Å². The quantitative estimate of drug-likeness (QED) is 0.835. The lowest BCUT2D eigenvalue weighted by Gasteiger charge is -2.08. The van der Waals surface area contributed by atoms with Gasteiger partial charge in [-0.2, -0.15) is 5.10 Å². The molecule has 0 aliphatic carbocycles. The molecule has 0 fully saturated rings. The van der Waals surface area contributed by atoms with E-state index in [4.69, 9.17) is 5.73 Å². The minimum atomic E-state index is -3.59. The molecule has 1 aromatic carbocycles. The van der Waals surface area contributed by atoms with E-state index in [0.717, 1.165) is 18.4 Å². The Morgan fingerprint density at radius 1 is 1.40 bits per heavy atom. The number of nitrogens with one attached hydrogen (secondary N) is 1. The van der Waals surface area contributed by atoms with Gasteiger partial charge < -0.3 is 5.73 Å². The lowest BCUT2D eigenvalue weighted by Crippen LogP contribution is -2.12. The van der Waals surface area contributed by atoms with Gasteiger partial charge >= 0.3 is 0 Å². The fourth-order valence-electron chi connectivity index (χ4n) is 1.85. The topological polar surface area (TPSA) is 90.0 Å². The van der Waals surface area contributed by atoms with E-state index < -0.39 is 10.0 Å². The highest BCUT2D eigenvalue weighted by molar-refractivity contribution is 7.92. The van der Waals surface area contributed by atoms with E-state index in [9.17, 15) is 8.42 Å². The highest BCUT2D eigenvalue weighted by Gasteiger charge is 2.16. The number of aromatic nitrogens is 2. The summed E-state index contributed by atoms with van der Waals surface area (Å²) >= 11 is 0. The lowest BCUT2D eigenvalue weighted by molar-refractivity contribution is 0.601. The molecule has 0 spiro atoms. The Balaban J connectivity index is 2.17. The second-order valence-corrected chi connectivity index (χ2v) is 6.23. The van der Waals surface area contributed by atoms with Crippen LogP contribution in [0.5, 0.6) is 0 Å². The summed E-state index contributed by atoms with van der Waals surface area (Å²) in [6, 6.07) is 7.33. The Hall–Kier alpha value is -1.86. The molecule has 0 aliphatic rings. The molecule has 0 saturated carbocycles. The molecule has 0 radical (unpaired) electrons. The van der Waals surface area contributed by atoms with Gasteiger partial charge in [0, 0.05) is 18.9 Å². The predicted molar refractivity (Wildman–Crippen MR) is 77.8 cm³/mol. The van der Waals surface area contributed by atoms with Gasteiger partial charge in [0.15, 0.2) is 0 Å². The summed E-state index contributed by atoms with van der Waals surface area (Å²) in [6.45, 7) is 0.617. The highest BCUT2D eigenvalue weighted by atomic mass is 32.2. The van der Waals surface area contributed by atoms with Crippen molar-refractivity contribution in [1.29, 1.82) is 0 Å². The smallest absolute Gasteiger partial charge is 0.265 e. The van der Waals surface area contributed by atoms with Crippen LogP contribution in [0.15, 0.2) is 41.6 Å². The Morgan fingerprint density at radius 2 is 2.20 bits per heavy atom. The summed E-state index contributed by atoms with van der Waals surface area (Å²) in [5.41, 5.74) is 7.08. The van der Waals surface area contributed by atoms with Gasteiger partial charge in [-0.15, -0.1) is 0 Å². The van der Waals surface area contributed by atoms with Crippen LogP contribution in [0, 0.1) is 0 Å². The molecule has 2 rings (SSSR count). The van der Waals surface area contributed by atoms with Crippen molar-refractivity contribution in [3.8, 4) is 0 Å². The van der Waals surface area contributed by atoms with Crippen LogP contribution in [0.4, 0.5) is 5.69 Å². The van der Waals surface area contributed by atoms with Gasteiger partial charge in [0.05, 0.1) is 6.20 Å². The molecule has 0 unspecified atom stereocenters. The summed E-state index contributed by atoms with van der Waals surface area (Å²) in [7, 11) is -1.91. The number of rotatable bonds is 6. The standard InChI is InChI=1S/C13H18N4O2S/c1-17-10-13(9-15-17)20(18,19)16-12-6-2-4-11(8-12)5-3-7-14/h2,4,6,8-10,16H,3,5,7,14H2,1H3. The largest absolute Gasteiger partial charge is 0.330 e. The van der Waals surface area contributed by atoms with E-state index in [0.29, 0.717) is 12.2 Å². The fourth-order valence-corrected chi connectivity index (χ4v) is 2.88. The molecule has 3 N–H and O–H groups in total. The van der Waals surface area contributed by atoms with Crippen molar-refractivity contribution in [2.45, 2.75) is 17.7 Å². The van der Waals surface area contributed by atoms with E-state index >= 15 is 0 Å². The second-order valence-electron chi connectivity index (χ2n) is 4.55. The average molecular weight is 294 g/mol. The first-order valence-corrected chi connectivity index (χ1v) is 7.80. The molecule has 7 heteroatoms. The zero-order chi connectivity index (χ0) is 14.6. The number of hydrogen-bond acceptors (Lipinski definition) is 4. The van der Waals surface area contributed by atoms with Crippen LogP contribution in [0.25, 0.3) is 0 Å². The first-order chi connectivity index (χ1) is 9.51. The third kappa shape index (κ3) is 3.58. The minimum absolute atomic E-state index is 0.146. The van der Waals surface area contributed by atoms with Crippen LogP contribution in [0.1, 0.15) is 12.0 Å². The van der Waals surface area contributed by atoms with E-state index in [2.05, 4.69) is 9.82 Å². The number of nitrogens with two attached hydrogens (primary N) is 1. The van der Waals surface area contributed by atoms with Crippen LogP contribution in [-0.2, 0) is 23.5 Å². The Bertz CT molecular complexity index is 679. The molecular weight excluding hydrogens is 276 g/mol. The average Bonchev–Trinajstić information content (AvgIpc) is 2.84. The molecule has 0 saturated heterocycles. The zero-order valence-electron chi connectivity index (χ0n) is 11.3. The number of sulfonamides is 1. The molecule has 0 amide bonds. The monoisotopic (exact) mass is 294 g/mol. The first kappa shape index (κ1) is 14.5. The van der Waals surface area contributed by atoms with Gasteiger partial charge in [-0.25, -0.2) is 8.42 Å². The van der Waals surface area contributed by atoms with Crippen LogP contribution in [0.3, 0.4) is 0 Å². The Kier molecular flexibility index (Phi) is 4.41. The lowest BCUT2D eigenvalue weighted by atomic mass is 10.1. The predicted octanol–water partition coefficient (Wildman–Crippen LogP) is 1.11. The molecule has 6 nitrogen and oxygen atoms in total. The van der Waals surface area contributed by atoms with Crippen LogP contribution >= 0.6 is 0 Å². The van der Waals surface area contributed by atoms with E-state index in [1.165, 1.54) is 17.1 Å². The Labute approximate surface area is 118 Å². The van der Waals surface area contributed by atoms with Crippen molar-refractivity contribution in [3.05, 3.63) is 42.2 Å². The van der Waals surface area contributed by atoms with E-state index in [1.54, 1.807) is 13.1 Å². The first-order valence-electron chi connectivity index (χ1n) is 6.32. The number of anilines is 1. The molecule has 0 atom stereocenters. The minimum Gasteiger partial charge on any atom is -0.330 e. The molecule has 2 aromatic rings. The van der Waals surface area contributed by atoms with Crippen LogP contribution in [-0.4, -0.2) is 24.7 Å². The Morgan fingerprint density at radius 3 is 2.85 bits per heavy atom. The molecular formula is C13H18N4O2S. The summed E-state index contributed by atoms with van der Waals surface area (Å²) in [5, 5.41) is 3.87. The van der Waals surface area contributed by atoms with Gasteiger partial charge in [-0.05, 0) is 37.1 Å². The molecule has 1 heterocycles. The maximum absolute atomic E-state index is 12.2. The van der Waals surface area contributed by atoms with Gasteiger partial charge in [-0.3, -0.25) is 9.40 Å². The number of hydrogen-bond donors (Lipinski definition) is 2. The third-order valence-corrected chi connectivity index (χ3v) is 4.18. The SMILES string of the molecule is Cn1cc(S(=O)(=O)Nc2cccc(CCCN)c2)cn1. The number of benzene rings is 1. The van der Waals surface area contributed by atoms with Crippen LogP contribution < -0.4 is 10.5 Å². The summed E-state index contributed by atoms with van der Waals surface area (Å²) in [5.74, 6) is 0. The van der Waals surface area contributed by atoms with Gasteiger partial charge in [0.1, 0.15) is 4.90 Å². The number of nitrogens with zero attached hydrogens (tertiary/aromatic N) is 2. The molecule has 108 valence electrons. The summed E-state index contributed by atoms with van der Waals surface area (Å²) in [6.07, 6.45) is 4.49. The number of aryl methyl sites for hydroxylation is 2. The third-order valence-electron chi connectivity index (χ3n) is 2.84. The normalized spacial score (nSPS) is 11.5. The maximum Gasteiger partial charge on any atom is 0.265 e. The van der Waals surface area contributed by atoms with E-state index in [1.807, 2.05) is 18.2 Å². The summed E-state index contributed by atoms with van der Waals surface area (Å²) in [4.78, 5) is 0.146. The van der Waals surface area contributed by atoms with Crippen LogP contribution in [0.2, 0.25) is 0 Å². The maximum atomic E-state index is 12.2. The van der Waals surface area contributed by atoms with Crippen molar-refractivity contribution in [2.75, 3.05) is 11.3 Å². The van der Waals surface area contributed by atoms with Crippen molar-refractivity contribution in [2.24, 2.45) is 12.8 Å². The van der Waals surface area contributed by atoms with Gasteiger partial charge in [0.25, 0.3) is 10.0 Å².